The zero-order chi connectivity index (χ0) is 12.3. The number of esters is 1. The maximum atomic E-state index is 11.5. The summed E-state index contributed by atoms with van der Waals surface area (Å²) in [5, 5.41) is 2.69. The number of anilines is 1. The lowest BCUT2D eigenvalue weighted by Gasteiger charge is -2.23. The minimum Gasteiger partial charge on any atom is -0.461 e. The molecule has 1 aliphatic carbocycles. The summed E-state index contributed by atoms with van der Waals surface area (Å²) < 4.78 is 4.93. The van der Waals surface area contributed by atoms with Gasteiger partial charge >= 0.3 is 5.97 Å². The average molecular weight is 254 g/mol. The fourth-order valence-electron chi connectivity index (χ4n) is 2.17. The van der Waals surface area contributed by atoms with E-state index in [2.05, 4.69) is 16.9 Å². The van der Waals surface area contributed by atoms with Crippen LogP contribution in [0.4, 0.5) is 5.13 Å². The molecule has 5 heteroatoms. The standard InChI is InChI=1S/C12H18N2O2S/c1-3-16-11(15)10-8-17-12(13-10)14(2)9-6-4-5-7-9/h8-9H,3-7H2,1-2H3. The second-order valence-corrected chi connectivity index (χ2v) is 5.12. The van der Waals surface area contributed by atoms with Gasteiger partial charge in [-0.25, -0.2) is 9.78 Å². The van der Waals surface area contributed by atoms with Crippen LogP contribution in [0.2, 0.25) is 0 Å². The summed E-state index contributed by atoms with van der Waals surface area (Å²) in [4.78, 5) is 18.0. The summed E-state index contributed by atoms with van der Waals surface area (Å²) in [5.41, 5.74) is 0.427. The quantitative estimate of drug-likeness (QED) is 0.775. The van der Waals surface area contributed by atoms with Crippen LogP contribution in [-0.4, -0.2) is 30.6 Å². The van der Waals surface area contributed by atoms with E-state index in [-0.39, 0.29) is 5.97 Å². The smallest absolute Gasteiger partial charge is 0.357 e. The zero-order valence-electron chi connectivity index (χ0n) is 10.3. The SMILES string of the molecule is CCOC(=O)c1csc(N(C)C2CCCC2)n1. The Bertz CT molecular complexity index is 386. The fraction of sp³-hybridized carbons (Fsp3) is 0.667. The van der Waals surface area contributed by atoms with E-state index in [9.17, 15) is 4.79 Å². The molecule has 0 spiro atoms. The van der Waals surface area contributed by atoms with Gasteiger partial charge in [0.15, 0.2) is 10.8 Å². The third-order valence-electron chi connectivity index (χ3n) is 3.15. The Morgan fingerprint density at radius 1 is 1.59 bits per heavy atom. The Labute approximate surface area is 106 Å². The predicted octanol–water partition coefficient (Wildman–Crippen LogP) is 2.70. The predicted molar refractivity (Wildman–Crippen MR) is 68.7 cm³/mol. The molecule has 1 saturated carbocycles. The third kappa shape index (κ3) is 2.77. The van der Waals surface area contributed by atoms with Crippen molar-refractivity contribution in [3.63, 3.8) is 0 Å². The molecule has 0 N–H and O–H groups in total. The minimum absolute atomic E-state index is 0.324. The first-order chi connectivity index (χ1) is 8.22. The van der Waals surface area contributed by atoms with Crippen molar-refractivity contribution in [1.82, 2.24) is 4.98 Å². The van der Waals surface area contributed by atoms with Gasteiger partial charge in [-0.2, -0.15) is 0 Å². The molecule has 0 radical (unpaired) electrons. The van der Waals surface area contributed by atoms with E-state index in [1.807, 2.05) is 0 Å². The molecule has 1 heterocycles. The molecule has 17 heavy (non-hydrogen) atoms. The van der Waals surface area contributed by atoms with E-state index >= 15 is 0 Å². The van der Waals surface area contributed by atoms with Crippen LogP contribution in [0, 0.1) is 0 Å². The lowest BCUT2D eigenvalue weighted by atomic mass is 10.2. The highest BCUT2D eigenvalue weighted by Crippen LogP contribution is 2.29. The first-order valence-electron chi connectivity index (χ1n) is 6.08. The molecule has 1 aromatic rings. The van der Waals surface area contributed by atoms with Crippen molar-refractivity contribution in [2.45, 2.75) is 38.6 Å². The van der Waals surface area contributed by atoms with Crippen LogP contribution in [-0.2, 0) is 4.74 Å². The number of rotatable bonds is 4. The summed E-state index contributed by atoms with van der Waals surface area (Å²) in [7, 11) is 2.06. The van der Waals surface area contributed by atoms with Crippen LogP contribution in [0.1, 0.15) is 43.1 Å². The van der Waals surface area contributed by atoms with Gasteiger partial charge in [-0.15, -0.1) is 11.3 Å². The van der Waals surface area contributed by atoms with E-state index < -0.39 is 0 Å². The highest BCUT2D eigenvalue weighted by Gasteiger charge is 2.22. The molecule has 4 nitrogen and oxygen atoms in total. The molecule has 1 fully saturated rings. The summed E-state index contributed by atoms with van der Waals surface area (Å²) >= 11 is 1.51. The van der Waals surface area contributed by atoms with Crippen molar-refractivity contribution < 1.29 is 9.53 Å². The Morgan fingerprint density at radius 3 is 2.94 bits per heavy atom. The Kier molecular flexibility index (Phi) is 3.99. The van der Waals surface area contributed by atoms with Gasteiger partial charge in [0.1, 0.15) is 0 Å². The lowest BCUT2D eigenvalue weighted by molar-refractivity contribution is 0.0520. The van der Waals surface area contributed by atoms with Gasteiger partial charge in [0.05, 0.1) is 6.61 Å². The summed E-state index contributed by atoms with van der Waals surface area (Å²) in [5.74, 6) is -0.324. The van der Waals surface area contributed by atoms with Gasteiger partial charge in [0, 0.05) is 18.5 Å². The van der Waals surface area contributed by atoms with Crippen LogP contribution in [0.15, 0.2) is 5.38 Å². The molecule has 0 atom stereocenters. The number of thiazole rings is 1. The molecule has 0 aliphatic heterocycles. The molecule has 2 rings (SSSR count). The molecule has 0 aromatic carbocycles. The molecule has 0 bridgehead atoms. The van der Waals surface area contributed by atoms with Gasteiger partial charge in [-0.1, -0.05) is 12.8 Å². The molecule has 1 aliphatic rings. The molecule has 94 valence electrons. The second-order valence-electron chi connectivity index (χ2n) is 4.28. The zero-order valence-corrected chi connectivity index (χ0v) is 11.1. The number of nitrogens with zero attached hydrogens (tertiary/aromatic N) is 2. The van der Waals surface area contributed by atoms with Crippen LogP contribution in [0.3, 0.4) is 0 Å². The van der Waals surface area contributed by atoms with Crippen LogP contribution in [0.25, 0.3) is 0 Å². The monoisotopic (exact) mass is 254 g/mol. The second kappa shape index (κ2) is 5.49. The third-order valence-corrected chi connectivity index (χ3v) is 4.08. The summed E-state index contributed by atoms with van der Waals surface area (Å²) in [6.07, 6.45) is 5.05. The van der Waals surface area contributed by atoms with E-state index in [0.717, 1.165) is 5.13 Å². The van der Waals surface area contributed by atoms with Gasteiger partial charge < -0.3 is 9.64 Å². The summed E-state index contributed by atoms with van der Waals surface area (Å²) in [6, 6.07) is 0.580. The molecule has 0 amide bonds. The van der Waals surface area contributed by atoms with Crippen LogP contribution in [0.5, 0.6) is 0 Å². The maximum Gasteiger partial charge on any atom is 0.357 e. The summed E-state index contributed by atoms with van der Waals surface area (Å²) in [6.45, 7) is 2.19. The van der Waals surface area contributed by atoms with Crippen molar-refractivity contribution in [1.29, 1.82) is 0 Å². The van der Waals surface area contributed by atoms with Crippen molar-refractivity contribution in [2.75, 3.05) is 18.6 Å². The average Bonchev–Trinajstić information content (AvgIpc) is 3.00. The number of carbonyl (C=O) groups is 1. The Morgan fingerprint density at radius 2 is 2.29 bits per heavy atom. The molecular formula is C12H18N2O2S. The number of ether oxygens (including phenoxy) is 1. The highest BCUT2D eigenvalue weighted by atomic mass is 32.1. The van der Waals surface area contributed by atoms with Crippen molar-refractivity contribution in [2.24, 2.45) is 0 Å². The largest absolute Gasteiger partial charge is 0.461 e. The Hall–Kier alpha value is -1.10. The molecule has 1 aromatic heterocycles. The molecule has 0 saturated heterocycles. The lowest BCUT2D eigenvalue weighted by Crippen LogP contribution is -2.28. The van der Waals surface area contributed by atoms with E-state index in [1.54, 1.807) is 12.3 Å². The van der Waals surface area contributed by atoms with Crippen molar-refractivity contribution >= 4 is 22.4 Å². The minimum atomic E-state index is -0.324. The highest BCUT2D eigenvalue weighted by molar-refractivity contribution is 7.13. The van der Waals surface area contributed by atoms with Crippen molar-refractivity contribution in [3.05, 3.63) is 11.1 Å². The van der Waals surface area contributed by atoms with E-state index in [1.165, 1.54) is 37.0 Å². The van der Waals surface area contributed by atoms with Gasteiger partial charge in [0.25, 0.3) is 0 Å². The first-order valence-corrected chi connectivity index (χ1v) is 6.95. The van der Waals surface area contributed by atoms with Gasteiger partial charge in [-0.05, 0) is 19.8 Å². The van der Waals surface area contributed by atoms with Crippen LogP contribution < -0.4 is 4.90 Å². The normalized spacial score (nSPS) is 16.1. The fourth-order valence-corrected chi connectivity index (χ4v) is 3.01. The van der Waals surface area contributed by atoms with Crippen molar-refractivity contribution in [3.8, 4) is 0 Å². The van der Waals surface area contributed by atoms with E-state index in [4.69, 9.17) is 4.74 Å². The maximum absolute atomic E-state index is 11.5. The molecular weight excluding hydrogens is 236 g/mol. The van der Waals surface area contributed by atoms with E-state index in [0.29, 0.717) is 18.3 Å². The topological polar surface area (TPSA) is 42.4 Å². The Balaban J connectivity index is 2.04. The number of aromatic nitrogens is 1. The first kappa shape index (κ1) is 12.4. The van der Waals surface area contributed by atoms with Gasteiger partial charge in [0.2, 0.25) is 0 Å². The van der Waals surface area contributed by atoms with Gasteiger partial charge in [-0.3, -0.25) is 0 Å². The van der Waals surface area contributed by atoms with Crippen LogP contribution >= 0.6 is 11.3 Å². The number of hydrogen-bond donors (Lipinski definition) is 0. The number of carbonyl (C=O) groups excluding carboxylic acids is 1. The molecule has 0 unspecified atom stereocenters. The number of hydrogen-bond acceptors (Lipinski definition) is 5.